The van der Waals surface area contributed by atoms with Gasteiger partial charge in [0.05, 0.1) is 11.6 Å². The van der Waals surface area contributed by atoms with E-state index in [1.807, 2.05) is 12.1 Å². The molecular formula is C9H11ClOS. The molecule has 1 rings (SSSR count). The van der Waals surface area contributed by atoms with Gasteiger partial charge in [-0.3, -0.25) is 0 Å². The van der Waals surface area contributed by atoms with E-state index in [1.165, 1.54) is 0 Å². The molecule has 0 atom stereocenters. The van der Waals surface area contributed by atoms with Crippen LogP contribution in [-0.4, -0.2) is 10.9 Å². The minimum Gasteiger partial charge on any atom is -0.392 e. The molecule has 0 fully saturated rings. The monoisotopic (exact) mass is 202 g/mol. The zero-order valence-electron chi connectivity index (χ0n) is 6.88. The molecule has 0 heterocycles. The maximum atomic E-state index is 8.82. The first-order chi connectivity index (χ1) is 5.77. The molecule has 3 heteroatoms. The number of aliphatic hydroxyl groups excluding tert-OH is 1. The lowest BCUT2D eigenvalue weighted by Gasteiger charge is -2.03. The average molecular weight is 203 g/mol. The molecule has 1 nitrogen and oxygen atoms in total. The SMILES string of the molecule is CCSc1ccc(CO)cc1Cl. The van der Waals surface area contributed by atoms with Crippen LogP contribution in [0.2, 0.25) is 5.02 Å². The van der Waals surface area contributed by atoms with Crippen molar-refractivity contribution in [2.45, 2.75) is 18.4 Å². The fourth-order valence-corrected chi connectivity index (χ4v) is 1.95. The van der Waals surface area contributed by atoms with Crippen LogP contribution >= 0.6 is 23.4 Å². The second kappa shape index (κ2) is 4.75. The van der Waals surface area contributed by atoms with Crippen LogP contribution in [0.3, 0.4) is 0 Å². The number of benzene rings is 1. The van der Waals surface area contributed by atoms with E-state index in [9.17, 15) is 0 Å². The molecule has 0 aliphatic carbocycles. The Kier molecular flexibility index (Phi) is 3.92. The Hall–Kier alpha value is -0.180. The van der Waals surface area contributed by atoms with Crippen molar-refractivity contribution in [3.05, 3.63) is 28.8 Å². The molecule has 1 aromatic rings. The number of halogens is 1. The van der Waals surface area contributed by atoms with Crippen molar-refractivity contribution >= 4 is 23.4 Å². The third-order valence-electron chi connectivity index (χ3n) is 1.48. The second-order valence-electron chi connectivity index (χ2n) is 2.36. The Morgan fingerprint density at radius 2 is 2.25 bits per heavy atom. The van der Waals surface area contributed by atoms with Gasteiger partial charge in [0, 0.05) is 4.90 Å². The van der Waals surface area contributed by atoms with E-state index in [0.29, 0.717) is 0 Å². The van der Waals surface area contributed by atoms with Crippen molar-refractivity contribution in [3.8, 4) is 0 Å². The van der Waals surface area contributed by atoms with Crippen molar-refractivity contribution in [2.75, 3.05) is 5.75 Å². The van der Waals surface area contributed by atoms with Gasteiger partial charge >= 0.3 is 0 Å². The molecule has 0 aliphatic heterocycles. The summed E-state index contributed by atoms with van der Waals surface area (Å²) in [5.41, 5.74) is 0.862. The highest BCUT2D eigenvalue weighted by molar-refractivity contribution is 7.99. The summed E-state index contributed by atoms with van der Waals surface area (Å²) in [6.07, 6.45) is 0. The van der Waals surface area contributed by atoms with Gasteiger partial charge in [-0.25, -0.2) is 0 Å². The van der Waals surface area contributed by atoms with Crippen LogP contribution in [0.1, 0.15) is 12.5 Å². The van der Waals surface area contributed by atoms with Crippen LogP contribution in [0.4, 0.5) is 0 Å². The van der Waals surface area contributed by atoms with E-state index in [1.54, 1.807) is 17.8 Å². The molecule has 0 amide bonds. The summed E-state index contributed by atoms with van der Waals surface area (Å²) in [5.74, 6) is 1.01. The van der Waals surface area contributed by atoms with Gasteiger partial charge < -0.3 is 5.11 Å². The van der Waals surface area contributed by atoms with E-state index in [0.717, 1.165) is 21.2 Å². The van der Waals surface area contributed by atoms with Crippen LogP contribution in [0.25, 0.3) is 0 Å². The molecule has 0 aromatic heterocycles. The number of hydrogen-bond donors (Lipinski definition) is 1. The molecule has 1 N–H and O–H groups in total. The summed E-state index contributed by atoms with van der Waals surface area (Å²) in [5, 5.41) is 9.55. The first-order valence-corrected chi connectivity index (χ1v) is 5.16. The van der Waals surface area contributed by atoms with Crippen molar-refractivity contribution < 1.29 is 5.11 Å². The van der Waals surface area contributed by atoms with E-state index in [-0.39, 0.29) is 6.61 Å². The predicted molar refractivity (Wildman–Crippen MR) is 53.8 cm³/mol. The number of hydrogen-bond acceptors (Lipinski definition) is 2. The number of rotatable bonds is 3. The lowest BCUT2D eigenvalue weighted by atomic mass is 10.2. The molecule has 0 unspecified atom stereocenters. The van der Waals surface area contributed by atoms with Crippen molar-refractivity contribution in [3.63, 3.8) is 0 Å². The summed E-state index contributed by atoms with van der Waals surface area (Å²) in [6, 6.07) is 5.64. The third-order valence-corrected chi connectivity index (χ3v) is 2.86. The standard InChI is InChI=1S/C9H11ClOS/c1-2-12-9-4-3-7(6-11)5-8(9)10/h3-5,11H,2,6H2,1H3. The molecular weight excluding hydrogens is 192 g/mol. The summed E-state index contributed by atoms with van der Waals surface area (Å²) in [6.45, 7) is 2.14. The first kappa shape index (κ1) is 9.90. The largest absolute Gasteiger partial charge is 0.392 e. The normalized spacial score (nSPS) is 10.2. The van der Waals surface area contributed by atoms with E-state index in [2.05, 4.69) is 6.92 Å². The maximum absolute atomic E-state index is 8.82. The molecule has 66 valence electrons. The first-order valence-electron chi connectivity index (χ1n) is 3.80. The van der Waals surface area contributed by atoms with Crippen molar-refractivity contribution in [1.29, 1.82) is 0 Å². The van der Waals surface area contributed by atoms with E-state index in [4.69, 9.17) is 16.7 Å². The van der Waals surface area contributed by atoms with Crippen LogP contribution in [0, 0.1) is 0 Å². The van der Waals surface area contributed by atoms with Gasteiger partial charge in [0.15, 0.2) is 0 Å². The van der Waals surface area contributed by atoms with Gasteiger partial charge in [0.25, 0.3) is 0 Å². The van der Waals surface area contributed by atoms with E-state index < -0.39 is 0 Å². The Balaban J connectivity index is 2.87. The quantitative estimate of drug-likeness (QED) is 0.761. The maximum Gasteiger partial charge on any atom is 0.0682 e. The zero-order valence-corrected chi connectivity index (χ0v) is 8.45. The highest BCUT2D eigenvalue weighted by atomic mass is 35.5. The summed E-state index contributed by atoms with van der Waals surface area (Å²) in [4.78, 5) is 1.08. The Morgan fingerprint density at radius 1 is 1.50 bits per heavy atom. The Bertz CT molecular complexity index is 263. The minimum absolute atomic E-state index is 0.0524. The van der Waals surface area contributed by atoms with Crippen LogP contribution in [0.15, 0.2) is 23.1 Å². The molecule has 0 aliphatic rings. The van der Waals surface area contributed by atoms with Gasteiger partial charge in [-0.15, -0.1) is 11.8 Å². The second-order valence-corrected chi connectivity index (χ2v) is 4.07. The molecule has 1 aromatic carbocycles. The number of aliphatic hydroxyl groups is 1. The molecule has 0 spiro atoms. The highest BCUT2D eigenvalue weighted by Gasteiger charge is 2.00. The smallest absolute Gasteiger partial charge is 0.0682 e. The van der Waals surface area contributed by atoms with Gasteiger partial charge in [-0.2, -0.15) is 0 Å². The summed E-state index contributed by atoms with van der Waals surface area (Å²) >= 11 is 7.66. The zero-order chi connectivity index (χ0) is 8.97. The van der Waals surface area contributed by atoms with Gasteiger partial charge in [-0.1, -0.05) is 24.6 Å². The van der Waals surface area contributed by atoms with Crippen molar-refractivity contribution in [1.82, 2.24) is 0 Å². The highest BCUT2D eigenvalue weighted by Crippen LogP contribution is 2.27. The van der Waals surface area contributed by atoms with Crippen LogP contribution < -0.4 is 0 Å². The van der Waals surface area contributed by atoms with Gasteiger partial charge in [0.1, 0.15) is 0 Å². The molecule has 12 heavy (non-hydrogen) atoms. The fourth-order valence-electron chi connectivity index (χ4n) is 0.915. The lowest BCUT2D eigenvalue weighted by Crippen LogP contribution is -1.83. The van der Waals surface area contributed by atoms with Crippen LogP contribution in [-0.2, 0) is 6.61 Å². The molecule has 0 bridgehead atoms. The topological polar surface area (TPSA) is 20.2 Å². The summed E-state index contributed by atoms with van der Waals surface area (Å²) < 4.78 is 0. The van der Waals surface area contributed by atoms with Crippen molar-refractivity contribution in [2.24, 2.45) is 0 Å². The van der Waals surface area contributed by atoms with E-state index >= 15 is 0 Å². The fraction of sp³-hybridized carbons (Fsp3) is 0.333. The number of thioether (sulfide) groups is 1. The summed E-state index contributed by atoms with van der Waals surface area (Å²) in [7, 11) is 0. The lowest BCUT2D eigenvalue weighted by molar-refractivity contribution is 0.282. The molecule has 0 saturated heterocycles. The average Bonchev–Trinajstić information content (AvgIpc) is 2.09. The van der Waals surface area contributed by atoms with Crippen LogP contribution in [0.5, 0.6) is 0 Å². The van der Waals surface area contributed by atoms with Gasteiger partial charge in [-0.05, 0) is 23.4 Å². The molecule has 0 radical (unpaired) electrons. The Labute approximate surface area is 81.7 Å². The third kappa shape index (κ3) is 2.41. The van der Waals surface area contributed by atoms with Gasteiger partial charge in [0.2, 0.25) is 0 Å². The minimum atomic E-state index is 0.0524. The predicted octanol–water partition coefficient (Wildman–Crippen LogP) is 2.94. The Morgan fingerprint density at radius 3 is 2.75 bits per heavy atom. The molecule has 0 saturated carbocycles.